The molecule has 0 aliphatic heterocycles. The summed E-state index contributed by atoms with van der Waals surface area (Å²) in [6, 6.07) is 0. The van der Waals surface area contributed by atoms with Crippen molar-refractivity contribution in [1.82, 2.24) is 0 Å². The summed E-state index contributed by atoms with van der Waals surface area (Å²) >= 11 is 0. The lowest BCUT2D eigenvalue weighted by atomic mass is 10.0. The zero-order valence-electron chi connectivity index (χ0n) is 51.3. The molecule has 0 radical (unpaired) electrons. The summed E-state index contributed by atoms with van der Waals surface area (Å²) in [6.07, 6.45) is 80.5. The zero-order chi connectivity index (χ0) is 55.0. The van der Waals surface area contributed by atoms with Gasteiger partial charge in [-0.1, -0.05) is 320 Å². The van der Waals surface area contributed by atoms with Gasteiger partial charge >= 0.3 is 17.9 Å². The molecule has 446 valence electrons. The van der Waals surface area contributed by atoms with Crippen LogP contribution in [0.2, 0.25) is 0 Å². The summed E-state index contributed by atoms with van der Waals surface area (Å²) < 4.78 is 16.9. The molecule has 1 unspecified atom stereocenters. The van der Waals surface area contributed by atoms with Gasteiger partial charge in [0.05, 0.1) is 0 Å². The average Bonchev–Trinajstić information content (AvgIpc) is 3.42. The Bertz CT molecular complexity index is 1270. The van der Waals surface area contributed by atoms with Crippen LogP contribution in [-0.2, 0) is 28.6 Å². The minimum atomic E-state index is -0.770. The second kappa shape index (κ2) is 65.2. The summed E-state index contributed by atoms with van der Waals surface area (Å²) in [6.45, 7) is 6.63. The molecule has 0 amide bonds. The van der Waals surface area contributed by atoms with Crippen LogP contribution in [0, 0.1) is 0 Å². The number of allylic oxidation sites excluding steroid dienone is 6. The molecule has 0 heterocycles. The molecule has 0 saturated heterocycles. The molecule has 0 fully saturated rings. The van der Waals surface area contributed by atoms with Gasteiger partial charge < -0.3 is 14.2 Å². The minimum Gasteiger partial charge on any atom is -0.462 e. The molecule has 6 heteroatoms. The molecular weight excluding hydrogens is 937 g/mol. The van der Waals surface area contributed by atoms with E-state index in [0.29, 0.717) is 19.3 Å². The first kappa shape index (κ1) is 73.6. The highest BCUT2D eigenvalue weighted by Gasteiger charge is 2.19. The highest BCUT2D eigenvalue weighted by Crippen LogP contribution is 2.18. The average molecular weight is 1070 g/mol. The Labute approximate surface area is 474 Å². The Balaban J connectivity index is 3.96. The molecule has 0 aromatic carbocycles. The van der Waals surface area contributed by atoms with E-state index in [4.69, 9.17) is 14.2 Å². The smallest absolute Gasteiger partial charge is 0.306 e. The van der Waals surface area contributed by atoms with Crippen molar-refractivity contribution in [2.24, 2.45) is 0 Å². The Morgan fingerprint density at radius 1 is 0.263 bits per heavy atom. The van der Waals surface area contributed by atoms with Gasteiger partial charge in [0.2, 0.25) is 0 Å². The van der Waals surface area contributed by atoms with Crippen LogP contribution in [-0.4, -0.2) is 37.2 Å². The topological polar surface area (TPSA) is 78.9 Å². The van der Waals surface area contributed by atoms with E-state index in [1.165, 1.54) is 263 Å². The molecule has 0 aliphatic rings. The Morgan fingerprint density at radius 3 is 0.776 bits per heavy atom. The van der Waals surface area contributed by atoms with E-state index >= 15 is 0 Å². The molecule has 0 bridgehead atoms. The van der Waals surface area contributed by atoms with Crippen LogP contribution in [0.1, 0.15) is 374 Å². The number of carbonyl (C=O) groups is 3. The summed E-state index contributed by atoms with van der Waals surface area (Å²) in [7, 11) is 0. The molecule has 0 aromatic rings. The first-order valence-electron chi connectivity index (χ1n) is 34.0. The highest BCUT2D eigenvalue weighted by molar-refractivity contribution is 5.71. The van der Waals surface area contributed by atoms with Gasteiger partial charge in [0.1, 0.15) is 13.2 Å². The molecule has 0 aromatic heterocycles. The summed E-state index contributed by atoms with van der Waals surface area (Å²) in [5.41, 5.74) is 0. The number of hydrogen-bond donors (Lipinski definition) is 0. The van der Waals surface area contributed by atoms with Gasteiger partial charge in [-0.3, -0.25) is 14.4 Å². The number of esters is 3. The lowest BCUT2D eigenvalue weighted by Gasteiger charge is -2.18. The van der Waals surface area contributed by atoms with Crippen molar-refractivity contribution in [3.63, 3.8) is 0 Å². The van der Waals surface area contributed by atoms with E-state index in [0.717, 1.165) is 70.6 Å². The highest BCUT2D eigenvalue weighted by atomic mass is 16.6. The van der Waals surface area contributed by atoms with E-state index in [2.05, 4.69) is 57.2 Å². The van der Waals surface area contributed by atoms with Crippen molar-refractivity contribution in [3.05, 3.63) is 36.5 Å². The predicted octanol–water partition coefficient (Wildman–Crippen LogP) is 23.2. The van der Waals surface area contributed by atoms with Gasteiger partial charge in [-0.2, -0.15) is 0 Å². The molecule has 0 N–H and O–H groups in total. The fourth-order valence-electron chi connectivity index (χ4n) is 10.2. The Kier molecular flexibility index (Phi) is 63.1. The molecule has 0 rings (SSSR count). The van der Waals surface area contributed by atoms with Crippen LogP contribution in [0.5, 0.6) is 0 Å². The van der Waals surface area contributed by atoms with Crippen molar-refractivity contribution < 1.29 is 28.6 Å². The third-order valence-corrected chi connectivity index (χ3v) is 15.4. The van der Waals surface area contributed by atoms with E-state index in [-0.39, 0.29) is 31.1 Å². The van der Waals surface area contributed by atoms with Crippen molar-refractivity contribution in [2.45, 2.75) is 380 Å². The molecule has 0 aliphatic carbocycles. The van der Waals surface area contributed by atoms with Gasteiger partial charge in [-0.25, -0.2) is 0 Å². The largest absolute Gasteiger partial charge is 0.462 e. The maximum absolute atomic E-state index is 12.8. The quantitative estimate of drug-likeness (QED) is 0.0261. The maximum atomic E-state index is 12.8. The van der Waals surface area contributed by atoms with Crippen LogP contribution in [0.15, 0.2) is 36.5 Å². The maximum Gasteiger partial charge on any atom is 0.306 e. The minimum absolute atomic E-state index is 0.0687. The van der Waals surface area contributed by atoms with Crippen LogP contribution >= 0.6 is 0 Å². The first-order valence-corrected chi connectivity index (χ1v) is 34.0. The van der Waals surface area contributed by atoms with Gasteiger partial charge in [0.15, 0.2) is 6.10 Å². The predicted molar refractivity (Wildman–Crippen MR) is 330 cm³/mol. The van der Waals surface area contributed by atoms with Crippen LogP contribution in [0.25, 0.3) is 0 Å². The summed E-state index contributed by atoms with van der Waals surface area (Å²) in [4.78, 5) is 38.1. The Hall–Kier alpha value is -2.37. The Morgan fingerprint density at radius 2 is 0.487 bits per heavy atom. The molecule has 0 spiro atoms. The fraction of sp³-hybridized carbons (Fsp3) is 0.871. The van der Waals surface area contributed by atoms with Crippen molar-refractivity contribution in [3.8, 4) is 0 Å². The van der Waals surface area contributed by atoms with Crippen LogP contribution in [0.3, 0.4) is 0 Å². The fourth-order valence-corrected chi connectivity index (χ4v) is 10.2. The number of unbranched alkanes of at least 4 members (excludes halogenated alkanes) is 46. The van der Waals surface area contributed by atoms with Crippen LogP contribution < -0.4 is 0 Å². The van der Waals surface area contributed by atoms with E-state index in [9.17, 15) is 14.4 Å². The second-order valence-electron chi connectivity index (χ2n) is 23.1. The van der Waals surface area contributed by atoms with E-state index in [1.54, 1.807) is 0 Å². The molecular formula is C70H130O6. The lowest BCUT2D eigenvalue weighted by Crippen LogP contribution is -2.30. The van der Waals surface area contributed by atoms with E-state index in [1.807, 2.05) is 0 Å². The number of hydrogen-bond acceptors (Lipinski definition) is 6. The van der Waals surface area contributed by atoms with Crippen LogP contribution in [0.4, 0.5) is 0 Å². The van der Waals surface area contributed by atoms with Gasteiger partial charge in [0, 0.05) is 19.3 Å². The third kappa shape index (κ3) is 62.5. The number of rotatable bonds is 63. The monoisotopic (exact) mass is 1070 g/mol. The normalized spacial score (nSPS) is 12.2. The van der Waals surface area contributed by atoms with Crippen molar-refractivity contribution in [1.29, 1.82) is 0 Å². The lowest BCUT2D eigenvalue weighted by molar-refractivity contribution is -0.167. The molecule has 0 saturated carbocycles. The molecule has 1 atom stereocenters. The van der Waals surface area contributed by atoms with Crippen molar-refractivity contribution in [2.75, 3.05) is 13.2 Å². The zero-order valence-corrected chi connectivity index (χ0v) is 51.3. The van der Waals surface area contributed by atoms with Gasteiger partial charge in [0.25, 0.3) is 0 Å². The second-order valence-corrected chi connectivity index (χ2v) is 23.1. The molecule has 76 heavy (non-hydrogen) atoms. The van der Waals surface area contributed by atoms with E-state index < -0.39 is 6.10 Å². The van der Waals surface area contributed by atoms with Gasteiger partial charge in [-0.05, 0) is 70.6 Å². The number of carbonyl (C=O) groups excluding carboxylic acids is 3. The number of ether oxygens (including phenoxy) is 3. The van der Waals surface area contributed by atoms with Crippen molar-refractivity contribution >= 4 is 17.9 Å². The third-order valence-electron chi connectivity index (χ3n) is 15.4. The molecule has 6 nitrogen and oxygen atoms in total. The van der Waals surface area contributed by atoms with Gasteiger partial charge in [-0.15, -0.1) is 0 Å². The first-order chi connectivity index (χ1) is 37.5. The summed E-state index contributed by atoms with van der Waals surface area (Å²) in [5, 5.41) is 0. The summed E-state index contributed by atoms with van der Waals surface area (Å²) in [5.74, 6) is -0.857. The standard InChI is InChI=1S/C70H130O6/c1-4-7-10-13-16-19-22-24-25-26-27-28-29-30-31-32-33-34-35-36-37-38-39-40-41-42-43-44-45-46-49-51-54-57-60-63-69(72)75-66-67(65-74-68(71)62-59-56-53-50-47-21-18-15-12-9-6-3)76-70(73)64-61-58-55-52-48-23-20-17-14-11-8-5-2/h15,18,22,24,26-27,67H,4-14,16-17,19-21,23,25,28-66H2,1-3H3/b18-15-,24-22-,27-26-. The SMILES string of the molecule is CCCC/C=C\CCCCCCCC(=O)OCC(COC(=O)CCCCCCCCCCCCCCCCCCCCCCCCC/C=C\C/C=C\CCCCCCC)OC(=O)CCCCCCCCCCCCCC.